The summed E-state index contributed by atoms with van der Waals surface area (Å²) in [5, 5.41) is 3.08. The summed E-state index contributed by atoms with van der Waals surface area (Å²) in [6.07, 6.45) is -3.05. The number of rotatable bonds is 9. The van der Waals surface area contributed by atoms with Gasteiger partial charge in [0.05, 0.1) is 0 Å². The summed E-state index contributed by atoms with van der Waals surface area (Å²) in [6, 6.07) is -0.0490. The topological polar surface area (TPSA) is 21.3 Å². The highest BCUT2D eigenvalue weighted by molar-refractivity contribution is 4.68. The molecule has 1 N–H and O–H groups in total. The predicted molar refractivity (Wildman–Crippen MR) is 58.5 cm³/mol. The lowest BCUT2D eigenvalue weighted by atomic mass is 10.1. The summed E-state index contributed by atoms with van der Waals surface area (Å²) < 4.78 is 41.3. The zero-order chi connectivity index (χ0) is 12.4. The number of hydrogen-bond donors (Lipinski definition) is 1. The molecule has 0 rings (SSSR count). The van der Waals surface area contributed by atoms with Gasteiger partial charge in [-0.05, 0) is 32.7 Å². The standard InChI is InChI=1S/C11H22F3NO/c1-3-15-10(6-5-9-16-4-2)7-8-11(12,13)14/h10,15H,3-9H2,1-2H3. The van der Waals surface area contributed by atoms with Crippen molar-refractivity contribution in [1.29, 1.82) is 0 Å². The van der Waals surface area contributed by atoms with E-state index in [9.17, 15) is 13.2 Å². The van der Waals surface area contributed by atoms with Crippen molar-refractivity contribution in [2.24, 2.45) is 0 Å². The third-order valence-corrected chi connectivity index (χ3v) is 2.31. The molecule has 0 aromatic heterocycles. The average Bonchev–Trinajstić information content (AvgIpc) is 2.19. The zero-order valence-electron chi connectivity index (χ0n) is 10.1. The molecular formula is C11H22F3NO. The molecule has 0 saturated heterocycles. The van der Waals surface area contributed by atoms with Gasteiger partial charge in [-0.1, -0.05) is 6.92 Å². The average molecular weight is 241 g/mol. The maximum absolute atomic E-state index is 12.0. The Morgan fingerprint density at radius 3 is 2.38 bits per heavy atom. The third kappa shape index (κ3) is 10.2. The highest BCUT2D eigenvalue weighted by Crippen LogP contribution is 2.23. The van der Waals surface area contributed by atoms with E-state index < -0.39 is 12.6 Å². The number of alkyl halides is 3. The van der Waals surface area contributed by atoms with Gasteiger partial charge >= 0.3 is 6.18 Å². The lowest BCUT2D eigenvalue weighted by molar-refractivity contribution is -0.136. The van der Waals surface area contributed by atoms with Crippen molar-refractivity contribution in [2.75, 3.05) is 19.8 Å². The smallest absolute Gasteiger partial charge is 0.382 e. The fourth-order valence-corrected chi connectivity index (χ4v) is 1.55. The van der Waals surface area contributed by atoms with Crippen molar-refractivity contribution in [1.82, 2.24) is 5.32 Å². The van der Waals surface area contributed by atoms with Gasteiger partial charge in [0.2, 0.25) is 0 Å². The fraction of sp³-hybridized carbons (Fsp3) is 1.00. The summed E-state index contributed by atoms with van der Waals surface area (Å²) in [4.78, 5) is 0. The van der Waals surface area contributed by atoms with Crippen molar-refractivity contribution >= 4 is 0 Å². The Labute approximate surface area is 95.5 Å². The molecule has 1 unspecified atom stereocenters. The molecule has 0 aliphatic carbocycles. The predicted octanol–water partition coefficient (Wildman–Crippen LogP) is 3.12. The van der Waals surface area contributed by atoms with Crippen molar-refractivity contribution in [3.05, 3.63) is 0 Å². The van der Waals surface area contributed by atoms with Gasteiger partial charge in [0, 0.05) is 25.7 Å². The van der Waals surface area contributed by atoms with E-state index in [2.05, 4.69) is 5.32 Å². The second-order valence-corrected chi connectivity index (χ2v) is 3.75. The molecule has 0 spiro atoms. The van der Waals surface area contributed by atoms with Crippen molar-refractivity contribution in [2.45, 2.75) is 51.7 Å². The molecule has 0 heterocycles. The molecule has 0 fully saturated rings. The minimum atomic E-state index is -4.05. The van der Waals surface area contributed by atoms with E-state index >= 15 is 0 Å². The van der Waals surface area contributed by atoms with E-state index in [1.54, 1.807) is 0 Å². The van der Waals surface area contributed by atoms with Crippen LogP contribution in [0.3, 0.4) is 0 Å². The van der Waals surface area contributed by atoms with Gasteiger partial charge in [0.25, 0.3) is 0 Å². The Morgan fingerprint density at radius 2 is 1.88 bits per heavy atom. The number of nitrogens with one attached hydrogen (secondary N) is 1. The fourth-order valence-electron chi connectivity index (χ4n) is 1.55. The summed E-state index contributed by atoms with van der Waals surface area (Å²) in [5.41, 5.74) is 0. The van der Waals surface area contributed by atoms with Crippen LogP contribution in [0.2, 0.25) is 0 Å². The summed E-state index contributed by atoms with van der Waals surface area (Å²) in [5.74, 6) is 0. The number of hydrogen-bond acceptors (Lipinski definition) is 2. The van der Waals surface area contributed by atoms with Crippen LogP contribution in [-0.2, 0) is 4.74 Å². The molecule has 0 aliphatic heterocycles. The second kappa shape index (κ2) is 8.82. The van der Waals surface area contributed by atoms with E-state index in [1.165, 1.54) is 0 Å². The van der Waals surface area contributed by atoms with Gasteiger partial charge in [-0.25, -0.2) is 0 Å². The van der Waals surface area contributed by atoms with E-state index in [-0.39, 0.29) is 12.5 Å². The molecule has 2 nitrogen and oxygen atoms in total. The van der Waals surface area contributed by atoms with Crippen LogP contribution in [0.1, 0.15) is 39.5 Å². The van der Waals surface area contributed by atoms with Crippen molar-refractivity contribution < 1.29 is 17.9 Å². The molecular weight excluding hydrogens is 219 g/mol. The van der Waals surface area contributed by atoms with E-state index in [0.29, 0.717) is 19.8 Å². The Hall–Kier alpha value is -0.290. The summed E-state index contributed by atoms with van der Waals surface area (Å²) in [7, 11) is 0. The molecule has 1 atom stereocenters. The maximum Gasteiger partial charge on any atom is 0.389 e. The number of halogens is 3. The Kier molecular flexibility index (Phi) is 8.66. The molecule has 98 valence electrons. The Bertz CT molecular complexity index is 162. The van der Waals surface area contributed by atoms with Crippen LogP contribution in [0.4, 0.5) is 13.2 Å². The van der Waals surface area contributed by atoms with Crippen molar-refractivity contribution in [3.63, 3.8) is 0 Å². The van der Waals surface area contributed by atoms with E-state index in [1.807, 2.05) is 13.8 Å². The van der Waals surface area contributed by atoms with Crippen LogP contribution in [0.25, 0.3) is 0 Å². The zero-order valence-corrected chi connectivity index (χ0v) is 10.1. The lowest BCUT2D eigenvalue weighted by Crippen LogP contribution is -2.30. The monoisotopic (exact) mass is 241 g/mol. The van der Waals surface area contributed by atoms with Gasteiger partial charge in [-0.15, -0.1) is 0 Å². The molecule has 5 heteroatoms. The lowest BCUT2D eigenvalue weighted by Gasteiger charge is -2.18. The first-order valence-corrected chi connectivity index (χ1v) is 5.87. The van der Waals surface area contributed by atoms with Crippen LogP contribution in [-0.4, -0.2) is 32.0 Å². The largest absolute Gasteiger partial charge is 0.389 e. The first-order chi connectivity index (χ1) is 7.49. The first-order valence-electron chi connectivity index (χ1n) is 5.87. The van der Waals surface area contributed by atoms with Gasteiger partial charge < -0.3 is 10.1 Å². The Morgan fingerprint density at radius 1 is 1.19 bits per heavy atom. The van der Waals surface area contributed by atoms with Gasteiger partial charge in [-0.3, -0.25) is 0 Å². The SMILES string of the molecule is CCNC(CCCOCC)CCC(F)(F)F. The third-order valence-electron chi connectivity index (χ3n) is 2.31. The van der Waals surface area contributed by atoms with Crippen molar-refractivity contribution in [3.8, 4) is 0 Å². The van der Waals surface area contributed by atoms with Gasteiger partial charge in [-0.2, -0.15) is 13.2 Å². The molecule has 0 bridgehead atoms. The molecule has 0 aliphatic rings. The normalized spacial score (nSPS) is 14.1. The van der Waals surface area contributed by atoms with Crippen LogP contribution in [0.5, 0.6) is 0 Å². The highest BCUT2D eigenvalue weighted by atomic mass is 19.4. The minimum absolute atomic E-state index is 0.0490. The van der Waals surface area contributed by atoms with Gasteiger partial charge in [0.15, 0.2) is 0 Å². The van der Waals surface area contributed by atoms with Gasteiger partial charge in [0.1, 0.15) is 0 Å². The molecule has 16 heavy (non-hydrogen) atoms. The first kappa shape index (κ1) is 15.7. The number of ether oxygens (including phenoxy) is 1. The minimum Gasteiger partial charge on any atom is -0.382 e. The van der Waals surface area contributed by atoms with E-state index in [4.69, 9.17) is 4.74 Å². The van der Waals surface area contributed by atoms with E-state index in [0.717, 1.165) is 12.8 Å². The second-order valence-electron chi connectivity index (χ2n) is 3.75. The molecule has 0 saturated carbocycles. The maximum atomic E-state index is 12.0. The summed E-state index contributed by atoms with van der Waals surface area (Å²) in [6.45, 7) is 5.81. The van der Waals surface area contributed by atoms with Crippen LogP contribution >= 0.6 is 0 Å². The van der Waals surface area contributed by atoms with Crippen LogP contribution < -0.4 is 5.32 Å². The summed E-state index contributed by atoms with van der Waals surface area (Å²) >= 11 is 0. The van der Waals surface area contributed by atoms with Crippen LogP contribution in [0, 0.1) is 0 Å². The van der Waals surface area contributed by atoms with Crippen LogP contribution in [0.15, 0.2) is 0 Å². The molecule has 0 radical (unpaired) electrons. The molecule has 0 aromatic carbocycles. The molecule has 0 amide bonds. The Balaban J connectivity index is 3.70. The highest BCUT2D eigenvalue weighted by Gasteiger charge is 2.27. The quantitative estimate of drug-likeness (QED) is 0.626. The molecule has 0 aromatic rings.